The van der Waals surface area contributed by atoms with Crippen molar-refractivity contribution in [2.75, 3.05) is 0 Å². The topological polar surface area (TPSA) is 74.6 Å². The Labute approximate surface area is 98.7 Å². The Morgan fingerprint density at radius 3 is 2.00 bits per heavy atom. The Balaban J connectivity index is 2.57. The van der Waals surface area contributed by atoms with Crippen molar-refractivity contribution < 1.29 is 18.6 Å². The lowest BCUT2D eigenvalue weighted by molar-refractivity contribution is 0.402. The Bertz CT molecular complexity index is 633. The largest absolute Gasteiger partial charge is 0.504 e. The highest BCUT2D eigenvalue weighted by atomic mass is 32.2. The van der Waals surface area contributed by atoms with E-state index in [4.69, 9.17) is 5.11 Å². The summed E-state index contributed by atoms with van der Waals surface area (Å²) >= 11 is 0. The third-order valence-electron chi connectivity index (χ3n) is 2.31. The zero-order valence-corrected chi connectivity index (χ0v) is 9.55. The minimum absolute atomic E-state index is 0.0565. The van der Waals surface area contributed by atoms with Crippen LogP contribution in [0.1, 0.15) is 0 Å². The zero-order chi connectivity index (χ0) is 12.5. The van der Waals surface area contributed by atoms with Crippen molar-refractivity contribution in [1.82, 2.24) is 0 Å². The molecule has 88 valence electrons. The second-order valence-corrected chi connectivity index (χ2v) is 5.42. The fraction of sp³-hybridized carbons (Fsp3) is 0. The molecule has 0 heterocycles. The number of phenols is 2. The number of aromatic hydroxyl groups is 2. The molecule has 0 aliphatic heterocycles. The van der Waals surface area contributed by atoms with Crippen LogP contribution in [0.15, 0.2) is 58.3 Å². The molecule has 0 aliphatic carbocycles. The van der Waals surface area contributed by atoms with Crippen molar-refractivity contribution in [2.45, 2.75) is 9.79 Å². The van der Waals surface area contributed by atoms with E-state index < -0.39 is 15.6 Å². The maximum Gasteiger partial charge on any atom is 0.206 e. The molecule has 2 N–H and O–H groups in total. The highest BCUT2D eigenvalue weighted by molar-refractivity contribution is 7.91. The summed E-state index contributed by atoms with van der Waals surface area (Å²) in [5.74, 6) is -0.806. The second-order valence-electron chi connectivity index (χ2n) is 3.47. The highest BCUT2D eigenvalue weighted by Gasteiger charge is 2.18. The molecule has 17 heavy (non-hydrogen) atoms. The monoisotopic (exact) mass is 250 g/mol. The van der Waals surface area contributed by atoms with Crippen molar-refractivity contribution >= 4 is 9.84 Å². The van der Waals surface area contributed by atoms with Crippen molar-refractivity contribution in [3.8, 4) is 11.5 Å². The lowest BCUT2D eigenvalue weighted by Crippen LogP contribution is -2.01. The third-order valence-corrected chi connectivity index (χ3v) is 4.08. The third kappa shape index (κ3) is 2.09. The van der Waals surface area contributed by atoms with Crippen molar-refractivity contribution in [3.05, 3.63) is 48.5 Å². The first-order valence-electron chi connectivity index (χ1n) is 4.84. The maximum absolute atomic E-state index is 12.1. The summed E-state index contributed by atoms with van der Waals surface area (Å²) in [5.41, 5.74) is 0. The Hall–Kier alpha value is -2.01. The molecule has 2 aromatic carbocycles. The minimum Gasteiger partial charge on any atom is -0.504 e. The predicted octanol–water partition coefficient (Wildman–Crippen LogP) is 1.93. The molecular weight excluding hydrogens is 240 g/mol. The van der Waals surface area contributed by atoms with Gasteiger partial charge in [0, 0.05) is 6.07 Å². The SMILES string of the molecule is O=S(=O)(c1ccccc1)c1ccc(O)c(O)c1. The van der Waals surface area contributed by atoms with E-state index in [1.54, 1.807) is 18.2 Å². The number of phenolic OH excluding ortho intramolecular Hbond substituents is 2. The first-order valence-corrected chi connectivity index (χ1v) is 6.32. The molecule has 0 saturated heterocycles. The molecule has 2 rings (SSSR count). The summed E-state index contributed by atoms with van der Waals surface area (Å²) in [6.45, 7) is 0. The summed E-state index contributed by atoms with van der Waals surface area (Å²) in [6.07, 6.45) is 0. The fourth-order valence-electron chi connectivity index (χ4n) is 1.41. The summed E-state index contributed by atoms with van der Waals surface area (Å²) in [7, 11) is -3.65. The molecule has 0 fully saturated rings. The van der Waals surface area contributed by atoms with Crippen LogP contribution < -0.4 is 0 Å². The highest BCUT2D eigenvalue weighted by Crippen LogP contribution is 2.29. The summed E-state index contributed by atoms with van der Waals surface area (Å²) in [5, 5.41) is 18.4. The van der Waals surface area contributed by atoms with Gasteiger partial charge in [0.1, 0.15) is 0 Å². The van der Waals surface area contributed by atoms with Gasteiger partial charge in [-0.1, -0.05) is 18.2 Å². The van der Waals surface area contributed by atoms with E-state index in [1.165, 1.54) is 18.2 Å². The average molecular weight is 250 g/mol. The van der Waals surface area contributed by atoms with Gasteiger partial charge in [-0.3, -0.25) is 0 Å². The Kier molecular flexibility index (Phi) is 2.77. The summed E-state index contributed by atoms with van der Waals surface area (Å²) < 4.78 is 24.2. The van der Waals surface area contributed by atoms with Gasteiger partial charge in [0.25, 0.3) is 0 Å². The first-order chi connectivity index (χ1) is 8.01. The van der Waals surface area contributed by atoms with Crippen LogP contribution in [-0.2, 0) is 9.84 Å². The normalized spacial score (nSPS) is 11.3. The van der Waals surface area contributed by atoms with E-state index in [0.717, 1.165) is 12.1 Å². The van der Waals surface area contributed by atoms with Crippen molar-refractivity contribution in [1.29, 1.82) is 0 Å². The molecule has 0 spiro atoms. The van der Waals surface area contributed by atoms with Gasteiger partial charge in [0.05, 0.1) is 9.79 Å². The van der Waals surface area contributed by atoms with Crippen LogP contribution in [-0.4, -0.2) is 18.6 Å². The molecule has 0 atom stereocenters. The molecule has 0 unspecified atom stereocenters. The van der Waals surface area contributed by atoms with Gasteiger partial charge in [-0.15, -0.1) is 0 Å². The van der Waals surface area contributed by atoms with Crippen molar-refractivity contribution in [3.63, 3.8) is 0 Å². The van der Waals surface area contributed by atoms with E-state index in [9.17, 15) is 13.5 Å². The number of hydrogen-bond donors (Lipinski definition) is 2. The number of hydrogen-bond acceptors (Lipinski definition) is 4. The van der Waals surface area contributed by atoms with Gasteiger partial charge >= 0.3 is 0 Å². The van der Waals surface area contributed by atoms with Crippen LogP contribution in [0.5, 0.6) is 11.5 Å². The van der Waals surface area contributed by atoms with E-state index in [0.29, 0.717) is 0 Å². The van der Waals surface area contributed by atoms with Gasteiger partial charge < -0.3 is 10.2 Å². The predicted molar refractivity (Wildman–Crippen MR) is 61.7 cm³/mol. The summed E-state index contributed by atoms with van der Waals surface area (Å²) in [4.78, 5) is 0.0871. The first kappa shape index (κ1) is 11.5. The Morgan fingerprint density at radius 2 is 1.41 bits per heavy atom. The van der Waals surface area contributed by atoms with E-state index in [2.05, 4.69) is 0 Å². The maximum atomic E-state index is 12.1. The van der Waals surface area contributed by atoms with Crippen LogP contribution in [0.3, 0.4) is 0 Å². The quantitative estimate of drug-likeness (QED) is 0.799. The van der Waals surface area contributed by atoms with Gasteiger partial charge in [-0.2, -0.15) is 0 Å². The van der Waals surface area contributed by atoms with Gasteiger partial charge in [0.15, 0.2) is 11.5 Å². The van der Waals surface area contributed by atoms with Gasteiger partial charge in [-0.25, -0.2) is 8.42 Å². The second kappa shape index (κ2) is 4.10. The van der Waals surface area contributed by atoms with E-state index in [1.807, 2.05) is 0 Å². The molecule has 0 aliphatic rings. The van der Waals surface area contributed by atoms with Crippen LogP contribution in [0, 0.1) is 0 Å². The lowest BCUT2D eigenvalue weighted by Gasteiger charge is -2.05. The van der Waals surface area contributed by atoms with Gasteiger partial charge in [0.2, 0.25) is 9.84 Å². The standard InChI is InChI=1S/C12H10O4S/c13-11-7-6-10(8-12(11)14)17(15,16)9-4-2-1-3-5-9/h1-8,13-14H. The van der Waals surface area contributed by atoms with Crippen LogP contribution in [0.4, 0.5) is 0 Å². The van der Waals surface area contributed by atoms with Gasteiger partial charge in [-0.05, 0) is 24.3 Å². The summed E-state index contributed by atoms with van der Waals surface area (Å²) in [6, 6.07) is 11.3. The van der Waals surface area contributed by atoms with E-state index >= 15 is 0 Å². The number of benzene rings is 2. The fourth-order valence-corrected chi connectivity index (χ4v) is 2.71. The smallest absolute Gasteiger partial charge is 0.206 e. The minimum atomic E-state index is -3.65. The number of rotatable bonds is 2. The van der Waals surface area contributed by atoms with Crippen LogP contribution in [0.25, 0.3) is 0 Å². The van der Waals surface area contributed by atoms with Crippen molar-refractivity contribution in [2.24, 2.45) is 0 Å². The zero-order valence-electron chi connectivity index (χ0n) is 8.74. The molecular formula is C12H10O4S. The molecule has 0 bridgehead atoms. The number of sulfone groups is 1. The van der Waals surface area contributed by atoms with Crippen LogP contribution in [0.2, 0.25) is 0 Å². The molecule has 0 amide bonds. The molecule has 0 saturated carbocycles. The molecule has 4 nitrogen and oxygen atoms in total. The molecule has 5 heteroatoms. The average Bonchev–Trinajstić information content (AvgIpc) is 2.33. The Morgan fingerprint density at radius 1 is 0.765 bits per heavy atom. The van der Waals surface area contributed by atoms with E-state index in [-0.39, 0.29) is 15.5 Å². The van der Waals surface area contributed by atoms with Crippen LogP contribution >= 0.6 is 0 Å². The molecule has 0 aromatic heterocycles. The molecule has 2 aromatic rings. The lowest BCUT2D eigenvalue weighted by atomic mass is 10.3. The molecule has 0 radical (unpaired) electrons.